The number of hydrogen-bond acceptors (Lipinski definition) is 0. The van der Waals surface area contributed by atoms with Crippen LogP contribution in [0.1, 0.15) is 81.3 Å². The van der Waals surface area contributed by atoms with Gasteiger partial charge in [-0.2, -0.15) is 29.8 Å². The van der Waals surface area contributed by atoms with E-state index in [4.69, 9.17) is 0 Å². The van der Waals surface area contributed by atoms with Gasteiger partial charge in [-0.05, 0) is 28.4 Å². The summed E-state index contributed by atoms with van der Waals surface area (Å²) in [6.07, 6.45) is 11.0. The van der Waals surface area contributed by atoms with Gasteiger partial charge in [-0.1, -0.05) is 65.3 Å². The van der Waals surface area contributed by atoms with Crippen molar-refractivity contribution in [2.75, 3.05) is 0 Å². The number of hydrogen-bond donors (Lipinski definition) is 0. The summed E-state index contributed by atoms with van der Waals surface area (Å²) in [6, 6.07) is 32.6. The van der Waals surface area contributed by atoms with Crippen molar-refractivity contribution < 1.29 is 49.0 Å². The van der Waals surface area contributed by atoms with Gasteiger partial charge in [0.1, 0.15) is 0 Å². The van der Waals surface area contributed by atoms with Gasteiger partial charge < -0.3 is 24.8 Å². The number of allylic oxidation sites excluding steroid dienone is 4. The van der Waals surface area contributed by atoms with Gasteiger partial charge in [0, 0.05) is 0 Å². The topological polar surface area (TPSA) is 0 Å². The molecular weight excluding hydrogens is 884 g/mol. The summed E-state index contributed by atoms with van der Waals surface area (Å²) in [5.74, 6) is 0. The van der Waals surface area contributed by atoms with Crippen LogP contribution in [0.5, 0.6) is 0 Å². The van der Waals surface area contributed by atoms with Crippen LogP contribution < -0.4 is 24.8 Å². The molecule has 0 N–H and O–H groups in total. The van der Waals surface area contributed by atoms with E-state index >= 15 is 0 Å². The van der Waals surface area contributed by atoms with Crippen molar-refractivity contribution >= 4 is 48.4 Å². The fraction of sp³-hybridized carbons (Fsp3) is 0.256. The van der Waals surface area contributed by atoms with Crippen LogP contribution in [0.25, 0.3) is 11.1 Å². The van der Waals surface area contributed by atoms with Crippen molar-refractivity contribution in [3.8, 4) is 11.1 Å². The van der Waals surface area contributed by atoms with Gasteiger partial charge in [-0.15, -0.1) is 17.5 Å². The molecule has 2 aliphatic rings. The molecule has 0 spiro atoms. The molecule has 0 unspecified atom stereocenters. The van der Waals surface area contributed by atoms with Gasteiger partial charge in [-0.3, -0.25) is 6.08 Å². The molecule has 0 radical (unpaired) electrons. The maximum absolute atomic E-state index is 3.67. The third-order valence-electron chi connectivity index (χ3n) is 7.32. The van der Waals surface area contributed by atoms with Gasteiger partial charge in [0.15, 0.2) is 0 Å². The maximum atomic E-state index is 3.67. The second kappa shape index (κ2) is 17.3. The van der Waals surface area contributed by atoms with E-state index in [1.165, 1.54) is 79.1 Å². The molecule has 0 aliphatic heterocycles. The summed E-state index contributed by atoms with van der Waals surface area (Å²) < 4.78 is 3.99. The second-order valence-corrected chi connectivity index (χ2v) is 16.4. The summed E-state index contributed by atoms with van der Waals surface area (Å²) in [6.45, 7) is 13.6. The molecule has 0 amide bonds. The summed E-state index contributed by atoms with van der Waals surface area (Å²) in [5, 5.41) is 0. The first-order valence-corrected chi connectivity index (χ1v) is 17.7. The molecular formula is C39H38Cl2I2Zr-2. The fourth-order valence-corrected chi connectivity index (χ4v) is 6.31. The molecule has 5 heteroatoms. The van der Waals surface area contributed by atoms with E-state index in [0.717, 1.165) is 12.8 Å². The summed E-state index contributed by atoms with van der Waals surface area (Å²) >= 11 is 6.13. The zero-order valence-electron chi connectivity index (χ0n) is 26.2. The van der Waals surface area contributed by atoms with E-state index in [9.17, 15) is 0 Å². The van der Waals surface area contributed by atoms with Gasteiger partial charge in [-0.25, -0.2) is 12.2 Å². The van der Waals surface area contributed by atoms with E-state index in [1.54, 1.807) is 0 Å². The Hall–Kier alpha value is -0.847. The first-order valence-electron chi connectivity index (χ1n) is 14.3. The minimum atomic E-state index is 0. The van der Waals surface area contributed by atoms with Gasteiger partial charge in [0.05, 0.1) is 0 Å². The zero-order valence-corrected chi connectivity index (χ0v) is 34.4. The molecule has 0 atom stereocenters. The van der Waals surface area contributed by atoms with Crippen LogP contribution in [0, 0.1) is 19.3 Å². The standard InChI is InChI=1S/C21H25.C13H8I2.C5H5.2ClH.Zr/c1-20(2,3)16-7-9-18-14(12-16)11-15-13-17(21(4,5)6)8-10-19(15)18;14-12-5-1-10(2-6-12)9-11-3-7-13(15)8-4-11;1-2-4-5-3-1;;;/h7-10,12H,11H2,1-6H3;1-8H;1-3H,4H2;2*1H;/q-1;;-1;;;+2/p-2. The molecule has 0 fully saturated rings. The molecule has 0 bridgehead atoms. The first-order chi connectivity index (χ1) is 19.8. The average molecular weight is 923 g/mol. The van der Waals surface area contributed by atoms with E-state index in [1.807, 2.05) is 12.2 Å². The Morgan fingerprint density at radius 2 is 1.25 bits per heavy atom. The molecule has 6 rings (SSSR count). The molecule has 228 valence electrons. The van der Waals surface area contributed by atoms with Crippen molar-refractivity contribution in [2.24, 2.45) is 0 Å². The molecule has 0 saturated heterocycles. The van der Waals surface area contributed by atoms with Crippen molar-refractivity contribution in [1.29, 1.82) is 0 Å². The Bertz CT molecular complexity index is 1490. The Morgan fingerprint density at radius 3 is 1.68 bits per heavy atom. The molecule has 0 nitrogen and oxygen atoms in total. The predicted octanol–water partition coefficient (Wildman–Crippen LogP) is 4.98. The van der Waals surface area contributed by atoms with Crippen LogP contribution in [0.4, 0.5) is 0 Å². The molecule has 0 aromatic heterocycles. The van der Waals surface area contributed by atoms with Gasteiger partial charge >= 0.3 is 139 Å². The van der Waals surface area contributed by atoms with Crippen LogP contribution in [0.2, 0.25) is 0 Å². The van der Waals surface area contributed by atoms with E-state index < -0.39 is 0 Å². The Balaban J connectivity index is 0.000000260. The first kappa shape index (κ1) is 39.3. The van der Waals surface area contributed by atoms with Crippen LogP contribution in [0.3, 0.4) is 0 Å². The Kier molecular flexibility index (Phi) is 15.5. The van der Waals surface area contributed by atoms with Crippen molar-refractivity contribution in [3.63, 3.8) is 0 Å². The van der Waals surface area contributed by atoms with Crippen LogP contribution in [0.15, 0.2) is 97.1 Å². The third-order valence-corrected chi connectivity index (χ3v) is 10.2. The second-order valence-electron chi connectivity index (χ2n) is 12.7. The minimum absolute atomic E-state index is 0. The zero-order chi connectivity index (χ0) is 30.5. The van der Waals surface area contributed by atoms with Crippen molar-refractivity contribution in [3.05, 3.63) is 150 Å². The third kappa shape index (κ3) is 10.9. The molecule has 44 heavy (non-hydrogen) atoms. The normalized spacial score (nSPS) is 12.4. The fourth-order valence-electron chi connectivity index (χ4n) is 4.77. The number of halogens is 4. The van der Waals surface area contributed by atoms with Crippen molar-refractivity contribution in [2.45, 2.75) is 65.2 Å². The van der Waals surface area contributed by atoms with Crippen LogP contribution in [-0.2, 0) is 41.5 Å². The van der Waals surface area contributed by atoms with Crippen LogP contribution in [-0.4, -0.2) is 3.21 Å². The summed E-state index contributed by atoms with van der Waals surface area (Å²) in [4.78, 5) is 0. The SMILES string of the molecule is CC(C)(C)c1[c-]c2c(cc1)-c1ccc(C(C)(C)C)cc1C2.[C-]1=CC=CC1.[Cl-].[Cl-].[Zr+2]=[C](c1ccc(I)cc1)c1ccc(I)cc1. The molecule has 2 aliphatic carbocycles. The monoisotopic (exact) mass is 920 g/mol. The van der Waals surface area contributed by atoms with E-state index in [2.05, 4.69) is 184 Å². The average Bonchev–Trinajstić information content (AvgIpc) is 3.64. The number of fused-ring (bicyclic) bond motifs is 3. The quantitative estimate of drug-likeness (QED) is 0.174. The number of rotatable bonds is 2. The van der Waals surface area contributed by atoms with Gasteiger partial charge in [0.2, 0.25) is 0 Å². The van der Waals surface area contributed by atoms with Crippen molar-refractivity contribution in [1.82, 2.24) is 0 Å². The molecule has 4 aromatic carbocycles. The predicted molar refractivity (Wildman–Crippen MR) is 194 cm³/mol. The summed E-state index contributed by atoms with van der Waals surface area (Å²) in [7, 11) is 0. The molecule has 0 heterocycles. The Morgan fingerprint density at radius 1 is 0.705 bits per heavy atom. The van der Waals surface area contributed by atoms with Gasteiger partial charge in [0.25, 0.3) is 0 Å². The van der Waals surface area contributed by atoms with E-state index in [-0.39, 0.29) is 35.6 Å². The number of benzene rings is 4. The Labute approximate surface area is 320 Å². The van der Waals surface area contributed by atoms with Crippen LogP contribution >= 0.6 is 45.2 Å². The van der Waals surface area contributed by atoms with E-state index in [0.29, 0.717) is 0 Å². The molecule has 4 aromatic rings. The summed E-state index contributed by atoms with van der Waals surface area (Å²) in [5.41, 5.74) is 11.4. The molecule has 0 saturated carbocycles.